The van der Waals surface area contributed by atoms with Crippen LogP contribution in [0, 0.1) is 5.41 Å². The Balaban J connectivity index is 0.000000210. The number of fused-ring (bicyclic) bond motifs is 2. The van der Waals surface area contributed by atoms with Gasteiger partial charge in [-0.05, 0) is 48.7 Å². The molecule has 0 saturated carbocycles. The largest absolute Gasteiger partial charge is 0.478 e. The van der Waals surface area contributed by atoms with Crippen LogP contribution in [0.15, 0.2) is 65.1 Å². The van der Waals surface area contributed by atoms with E-state index in [9.17, 15) is 29.1 Å². The molecule has 2 aliphatic heterocycles. The topological polar surface area (TPSA) is 193 Å². The highest BCUT2D eigenvalue weighted by Crippen LogP contribution is 2.41. The lowest BCUT2D eigenvalue weighted by atomic mass is 9.91. The van der Waals surface area contributed by atoms with Gasteiger partial charge in [-0.2, -0.15) is 0 Å². The van der Waals surface area contributed by atoms with Crippen LogP contribution in [0.25, 0.3) is 33.4 Å². The summed E-state index contributed by atoms with van der Waals surface area (Å²) in [6.45, 7) is 2.02. The molecule has 1 saturated heterocycles. The Labute approximate surface area is 252 Å². The fourth-order valence-electron chi connectivity index (χ4n) is 4.73. The minimum Gasteiger partial charge on any atom is -0.478 e. The number of nitrogen functional groups attached to an aromatic ring is 1. The van der Waals surface area contributed by atoms with E-state index < -0.39 is 23.8 Å². The number of imide groups is 1. The van der Waals surface area contributed by atoms with E-state index in [1.165, 1.54) is 6.92 Å². The Morgan fingerprint density at radius 1 is 0.977 bits per heavy atom. The van der Waals surface area contributed by atoms with E-state index in [1.54, 1.807) is 54.6 Å². The van der Waals surface area contributed by atoms with E-state index in [4.69, 9.17) is 20.4 Å². The van der Waals surface area contributed by atoms with Gasteiger partial charge in [0.05, 0.1) is 10.9 Å². The fourth-order valence-corrected chi connectivity index (χ4v) is 4.73. The number of hydrogen-bond donors (Lipinski definition) is 4. The van der Waals surface area contributed by atoms with Gasteiger partial charge in [-0.3, -0.25) is 14.4 Å². The summed E-state index contributed by atoms with van der Waals surface area (Å²) < 4.78 is 5.92. The zero-order valence-corrected chi connectivity index (χ0v) is 24.1. The zero-order chi connectivity index (χ0) is 31.8. The molecule has 0 spiro atoms. The van der Waals surface area contributed by atoms with Gasteiger partial charge in [0, 0.05) is 67.1 Å². The molecule has 1 aliphatic carbocycles. The second kappa shape index (κ2) is 14.1. The van der Waals surface area contributed by atoms with E-state index >= 15 is 0 Å². The summed E-state index contributed by atoms with van der Waals surface area (Å²) in [5.41, 5.74) is 9.30. The molecular weight excluding hydrogens is 568 g/mol. The first-order valence-electron chi connectivity index (χ1n) is 14.0. The van der Waals surface area contributed by atoms with Crippen LogP contribution in [-0.4, -0.2) is 46.4 Å². The number of anilines is 1. The highest BCUT2D eigenvalue weighted by molar-refractivity contribution is 6.07. The van der Waals surface area contributed by atoms with Crippen molar-refractivity contribution in [3.8, 4) is 22.5 Å². The second-order valence-electron chi connectivity index (χ2n) is 10.1. The van der Waals surface area contributed by atoms with Gasteiger partial charge in [-0.25, -0.2) is 9.59 Å². The highest BCUT2D eigenvalue weighted by Gasteiger charge is 2.32. The number of benzene rings is 3. The van der Waals surface area contributed by atoms with E-state index in [0.29, 0.717) is 46.0 Å². The molecule has 12 heteroatoms. The van der Waals surface area contributed by atoms with Gasteiger partial charge in [0.1, 0.15) is 11.3 Å². The lowest BCUT2D eigenvalue weighted by Crippen LogP contribution is -2.31. The molecule has 12 nitrogen and oxygen atoms in total. The van der Waals surface area contributed by atoms with Crippen LogP contribution in [0.5, 0.6) is 0 Å². The molecule has 3 amide bonds. The number of rotatable bonds is 9. The Bertz CT molecular complexity index is 1750. The van der Waals surface area contributed by atoms with Crippen molar-refractivity contribution in [1.82, 2.24) is 10.4 Å². The number of nitrogens with two attached hydrogens (primary N) is 1. The van der Waals surface area contributed by atoms with Crippen molar-refractivity contribution in [2.24, 2.45) is 0 Å². The van der Waals surface area contributed by atoms with Gasteiger partial charge in [-0.1, -0.05) is 24.6 Å². The average molecular weight is 601 g/mol. The SMILES string of the molecule is CC(=O)NCCCCCC(=O)ON1C(=O)CCC1=O.N=c1ccc2c(-c3ccccc3C(=O)O)c3ccc(N)cc3oc-2c1. The maximum atomic E-state index is 11.7. The molecule has 44 heavy (non-hydrogen) atoms. The van der Waals surface area contributed by atoms with Gasteiger partial charge in [0.15, 0.2) is 0 Å². The normalized spacial score (nSPS) is 12.6. The fraction of sp³-hybridized carbons (Fsp3) is 0.250. The first-order valence-corrected chi connectivity index (χ1v) is 14.0. The predicted molar refractivity (Wildman–Crippen MR) is 160 cm³/mol. The maximum Gasteiger partial charge on any atom is 0.336 e. The van der Waals surface area contributed by atoms with E-state index in [-0.39, 0.29) is 30.7 Å². The van der Waals surface area contributed by atoms with Gasteiger partial charge >= 0.3 is 11.9 Å². The molecule has 0 aromatic heterocycles. The number of unbranched alkanes of at least 4 members (excludes halogenated alkanes) is 2. The maximum absolute atomic E-state index is 11.7. The molecule has 0 radical (unpaired) electrons. The lowest BCUT2D eigenvalue weighted by Gasteiger charge is -2.16. The van der Waals surface area contributed by atoms with Gasteiger partial charge in [0.2, 0.25) is 5.91 Å². The summed E-state index contributed by atoms with van der Waals surface area (Å²) in [5, 5.41) is 21.7. The monoisotopic (exact) mass is 600 g/mol. The molecule has 228 valence electrons. The Morgan fingerprint density at radius 2 is 1.70 bits per heavy atom. The van der Waals surface area contributed by atoms with Crippen molar-refractivity contribution in [1.29, 1.82) is 5.41 Å². The van der Waals surface area contributed by atoms with E-state index in [0.717, 1.165) is 29.4 Å². The van der Waals surface area contributed by atoms with Crippen molar-refractivity contribution < 1.29 is 38.3 Å². The molecule has 0 bridgehead atoms. The molecule has 2 aromatic rings. The number of nitrogens with zero attached hydrogens (tertiary/aromatic N) is 1. The van der Waals surface area contributed by atoms with Crippen molar-refractivity contribution in [2.75, 3.05) is 12.3 Å². The molecule has 5 N–H and O–H groups in total. The predicted octanol–water partition coefficient (Wildman–Crippen LogP) is 4.25. The number of carboxylic acid groups (broad SMARTS) is 1. The summed E-state index contributed by atoms with van der Waals surface area (Å²) in [6.07, 6.45) is 2.48. The smallest absolute Gasteiger partial charge is 0.336 e. The first kappa shape index (κ1) is 31.4. The number of aromatic carboxylic acids is 1. The average Bonchev–Trinajstić information content (AvgIpc) is 3.29. The Kier molecular flexibility index (Phi) is 10.1. The molecule has 0 atom stereocenters. The minimum atomic E-state index is -0.995. The summed E-state index contributed by atoms with van der Waals surface area (Å²) in [6, 6.07) is 17.2. The van der Waals surface area contributed by atoms with Gasteiger partial charge < -0.3 is 30.8 Å². The number of amides is 3. The van der Waals surface area contributed by atoms with Gasteiger partial charge in [0.25, 0.3) is 11.8 Å². The van der Waals surface area contributed by atoms with Crippen molar-refractivity contribution >= 4 is 46.3 Å². The molecule has 5 rings (SSSR count). The number of nitrogens with one attached hydrogen (secondary N) is 2. The second-order valence-corrected chi connectivity index (χ2v) is 10.1. The van der Waals surface area contributed by atoms with E-state index in [2.05, 4.69) is 5.32 Å². The molecule has 2 aromatic carbocycles. The summed E-state index contributed by atoms with van der Waals surface area (Å²) in [5.74, 6) is -2.08. The molecule has 2 heterocycles. The van der Waals surface area contributed by atoms with E-state index in [1.807, 2.05) is 6.07 Å². The summed E-state index contributed by atoms with van der Waals surface area (Å²) >= 11 is 0. The summed E-state index contributed by atoms with van der Waals surface area (Å²) in [4.78, 5) is 60.8. The Hall–Kier alpha value is -5.52. The first-order chi connectivity index (χ1) is 21.0. The molecule has 3 aliphatic rings. The summed E-state index contributed by atoms with van der Waals surface area (Å²) in [7, 11) is 0. The molecular formula is C32H32N4O8. The van der Waals surface area contributed by atoms with Crippen LogP contribution in [0.4, 0.5) is 5.69 Å². The standard InChI is InChI=1S/C20H14N2O3.C12H18N2O5/c21-11-5-7-15-17(9-11)25-18-10-12(22)6-8-16(18)19(15)13-3-1-2-4-14(13)20(23)24;1-9(15)13-8-4-2-3-5-12(18)19-14-10(16)6-7-11(14)17/h1-10,21H,22H2,(H,23,24);2-8H2,1H3,(H,13,15). The van der Waals surface area contributed by atoms with Crippen LogP contribution in [-0.2, 0) is 24.0 Å². The highest BCUT2D eigenvalue weighted by atomic mass is 16.7. The number of carbonyl (C=O) groups is 5. The third kappa shape index (κ3) is 7.65. The number of carbonyl (C=O) groups excluding carboxylic acids is 4. The van der Waals surface area contributed by atoms with Crippen LogP contribution < -0.4 is 16.4 Å². The molecule has 1 fully saturated rings. The minimum absolute atomic E-state index is 0.0783. The van der Waals surface area contributed by atoms with Gasteiger partial charge in [-0.15, -0.1) is 5.06 Å². The number of carboxylic acids is 1. The quantitative estimate of drug-likeness (QED) is 0.0940. The molecule has 0 unspecified atom stereocenters. The van der Waals surface area contributed by atoms with Crippen LogP contribution in [0.1, 0.15) is 55.8 Å². The van der Waals surface area contributed by atoms with Crippen molar-refractivity contribution in [3.63, 3.8) is 0 Å². The number of hydroxylamine groups is 2. The zero-order valence-electron chi connectivity index (χ0n) is 24.1. The van der Waals surface area contributed by atoms with Crippen molar-refractivity contribution in [3.05, 3.63) is 71.6 Å². The van der Waals surface area contributed by atoms with Crippen molar-refractivity contribution in [2.45, 2.75) is 45.4 Å². The third-order valence-corrected chi connectivity index (χ3v) is 6.80. The van der Waals surface area contributed by atoms with Crippen LogP contribution >= 0.6 is 0 Å². The lowest BCUT2D eigenvalue weighted by molar-refractivity contribution is -0.197. The number of hydrogen-bond acceptors (Lipinski definition) is 9. The Morgan fingerprint density at radius 3 is 2.41 bits per heavy atom. The van der Waals surface area contributed by atoms with Crippen LogP contribution in [0.3, 0.4) is 0 Å². The third-order valence-electron chi connectivity index (χ3n) is 6.80. The van der Waals surface area contributed by atoms with Crippen LogP contribution in [0.2, 0.25) is 0 Å².